The lowest BCUT2D eigenvalue weighted by Crippen LogP contribution is -2.50. The van der Waals surface area contributed by atoms with Crippen molar-refractivity contribution in [2.75, 3.05) is 26.7 Å². The van der Waals surface area contributed by atoms with Gasteiger partial charge in [0.1, 0.15) is 12.2 Å². The van der Waals surface area contributed by atoms with Gasteiger partial charge >= 0.3 is 0 Å². The molecule has 0 atom stereocenters. The molecule has 0 bridgehead atoms. The van der Waals surface area contributed by atoms with E-state index in [1.165, 1.54) is 0 Å². The van der Waals surface area contributed by atoms with Gasteiger partial charge in [0.05, 0.1) is 0 Å². The molecule has 0 radical (unpaired) electrons. The van der Waals surface area contributed by atoms with Gasteiger partial charge in [-0.25, -0.2) is 0 Å². The number of aromatic nitrogens is 2. The fourth-order valence-electron chi connectivity index (χ4n) is 2.47. The van der Waals surface area contributed by atoms with E-state index in [2.05, 4.69) is 10.2 Å². The zero-order chi connectivity index (χ0) is 15.5. The molecule has 1 aromatic carbocycles. The first-order chi connectivity index (χ1) is 10.6. The Labute approximate surface area is 128 Å². The average molecular weight is 298 g/mol. The monoisotopic (exact) mass is 298 g/mol. The van der Waals surface area contributed by atoms with Gasteiger partial charge in [0.25, 0.3) is 5.91 Å². The number of nitrogens with zero attached hydrogens (tertiary/aromatic N) is 3. The van der Waals surface area contributed by atoms with E-state index in [4.69, 9.17) is 0 Å². The number of piperazine rings is 1. The van der Waals surface area contributed by atoms with Crippen molar-refractivity contribution < 1.29 is 9.59 Å². The Balaban J connectivity index is 1.68. The summed E-state index contributed by atoms with van der Waals surface area (Å²) in [6.07, 6.45) is 0.697. The Morgan fingerprint density at radius 3 is 2.77 bits per heavy atom. The maximum atomic E-state index is 12.4. The predicted molar refractivity (Wildman–Crippen MR) is 81.4 cm³/mol. The molecule has 114 valence electrons. The van der Waals surface area contributed by atoms with Crippen molar-refractivity contribution >= 4 is 11.8 Å². The zero-order valence-electron chi connectivity index (χ0n) is 12.5. The Morgan fingerprint density at radius 1 is 1.27 bits per heavy atom. The minimum atomic E-state index is -0.197. The van der Waals surface area contributed by atoms with E-state index in [1.807, 2.05) is 30.3 Å². The molecule has 0 unspecified atom stereocenters. The van der Waals surface area contributed by atoms with Crippen LogP contribution in [0.3, 0.4) is 0 Å². The third-order valence-electron chi connectivity index (χ3n) is 3.83. The van der Waals surface area contributed by atoms with E-state index in [0.717, 1.165) is 11.3 Å². The number of nitrogens with one attached hydrogen (secondary N) is 1. The number of hydrogen-bond donors (Lipinski definition) is 1. The molecule has 3 rings (SSSR count). The normalized spacial score (nSPS) is 15.2. The number of hydrogen-bond acceptors (Lipinski definition) is 3. The number of likely N-dealkylation sites (N-methyl/N-ethyl adjacent to an activating group) is 1. The Kier molecular flexibility index (Phi) is 3.91. The summed E-state index contributed by atoms with van der Waals surface area (Å²) >= 11 is 0. The van der Waals surface area contributed by atoms with Crippen molar-refractivity contribution in [2.24, 2.45) is 0 Å². The molecule has 22 heavy (non-hydrogen) atoms. The van der Waals surface area contributed by atoms with Crippen molar-refractivity contribution in [3.8, 4) is 0 Å². The van der Waals surface area contributed by atoms with Crippen molar-refractivity contribution in [3.05, 3.63) is 53.3 Å². The number of carbonyl (C=O) groups is 2. The summed E-state index contributed by atoms with van der Waals surface area (Å²) in [6, 6.07) is 11.7. The largest absolute Gasteiger partial charge is 0.342 e. The third-order valence-corrected chi connectivity index (χ3v) is 3.83. The van der Waals surface area contributed by atoms with Crippen LogP contribution in [0, 0.1) is 0 Å². The summed E-state index contributed by atoms with van der Waals surface area (Å²) in [7, 11) is 1.75. The molecule has 6 heteroatoms. The highest BCUT2D eigenvalue weighted by molar-refractivity contribution is 5.95. The molecular formula is C16H18N4O2. The maximum absolute atomic E-state index is 12.4. The van der Waals surface area contributed by atoms with E-state index >= 15 is 0 Å². The number of amides is 2. The highest BCUT2D eigenvalue weighted by Crippen LogP contribution is 2.11. The van der Waals surface area contributed by atoms with Crippen LogP contribution in [0.2, 0.25) is 0 Å². The number of carbonyl (C=O) groups excluding carboxylic acids is 2. The van der Waals surface area contributed by atoms with Crippen LogP contribution in [-0.4, -0.2) is 58.5 Å². The molecular weight excluding hydrogens is 280 g/mol. The van der Waals surface area contributed by atoms with E-state index in [9.17, 15) is 9.59 Å². The Hall–Kier alpha value is -2.63. The second-order valence-corrected chi connectivity index (χ2v) is 5.48. The first-order valence-electron chi connectivity index (χ1n) is 7.25. The van der Waals surface area contributed by atoms with Crippen molar-refractivity contribution in [1.29, 1.82) is 0 Å². The molecule has 2 heterocycles. The second kappa shape index (κ2) is 6.01. The molecule has 2 amide bonds. The van der Waals surface area contributed by atoms with Crippen LogP contribution in [0.1, 0.15) is 21.7 Å². The third kappa shape index (κ3) is 3.00. The quantitative estimate of drug-likeness (QED) is 0.916. The fraction of sp³-hybridized carbons (Fsp3) is 0.312. The van der Waals surface area contributed by atoms with Crippen LogP contribution >= 0.6 is 0 Å². The molecule has 0 aliphatic carbocycles. The summed E-state index contributed by atoms with van der Waals surface area (Å²) in [5.41, 5.74) is 2.40. The van der Waals surface area contributed by atoms with Crippen LogP contribution in [0.5, 0.6) is 0 Å². The van der Waals surface area contributed by atoms with Gasteiger partial charge in [0.15, 0.2) is 0 Å². The smallest absolute Gasteiger partial charge is 0.274 e. The molecule has 2 aromatic rings. The first-order valence-corrected chi connectivity index (χ1v) is 7.25. The topological polar surface area (TPSA) is 69.3 Å². The summed E-state index contributed by atoms with van der Waals surface area (Å²) in [5, 5.41) is 6.99. The number of benzene rings is 1. The van der Waals surface area contributed by atoms with Crippen LogP contribution < -0.4 is 0 Å². The molecule has 1 aliphatic rings. The van der Waals surface area contributed by atoms with Gasteiger partial charge in [-0.3, -0.25) is 14.7 Å². The molecule has 0 spiro atoms. The van der Waals surface area contributed by atoms with Gasteiger partial charge in [-0.15, -0.1) is 0 Å². The molecule has 0 saturated carbocycles. The van der Waals surface area contributed by atoms with Gasteiger partial charge in [-0.1, -0.05) is 30.3 Å². The van der Waals surface area contributed by atoms with Crippen molar-refractivity contribution in [3.63, 3.8) is 0 Å². The average Bonchev–Trinajstić information content (AvgIpc) is 2.99. The van der Waals surface area contributed by atoms with Gasteiger partial charge < -0.3 is 9.80 Å². The zero-order valence-corrected chi connectivity index (χ0v) is 12.5. The molecule has 6 nitrogen and oxygen atoms in total. The van der Waals surface area contributed by atoms with Crippen molar-refractivity contribution in [1.82, 2.24) is 20.0 Å². The van der Waals surface area contributed by atoms with Crippen molar-refractivity contribution in [2.45, 2.75) is 6.42 Å². The Morgan fingerprint density at radius 2 is 2.05 bits per heavy atom. The highest BCUT2D eigenvalue weighted by atomic mass is 16.2. The number of rotatable bonds is 3. The van der Waals surface area contributed by atoms with Crippen LogP contribution in [0.25, 0.3) is 0 Å². The molecule has 1 aromatic heterocycles. The molecule has 1 fully saturated rings. The summed E-state index contributed by atoms with van der Waals surface area (Å²) in [4.78, 5) is 27.3. The lowest BCUT2D eigenvalue weighted by molar-refractivity contribution is -0.133. The molecule has 1 saturated heterocycles. The minimum Gasteiger partial charge on any atom is -0.342 e. The maximum Gasteiger partial charge on any atom is 0.274 e. The number of aromatic amines is 1. The SMILES string of the molecule is CN1CCN(C(=O)c2cc(Cc3ccccc3)[nH]n2)CC1=O. The fourth-order valence-corrected chi connectivity index (χ4v) is 2.47. The van der Waals surface area contributed by atoms with E-state index in [-0.39, 0.29) is 18.4 Å². The van der Waals surface area contributed by atoms with Gasteiger partial charge in [0, 0.05) is 32.3 Å². The van der Waals surface area contributed by atoms with Crippen LogP contribution in [-0.2, 0) is 11.2 Å². The van der Waals surface area contributed by atoms with Crippen LogP contribution in [0.15, 0.2) is 36.4 Å². The van der Waals surface area contributed by atoms with E-state index in [1.54, 1.807) is 22.9 Å². The summed E-state index contributed by atoms with van der Waals surface area (Å²) < 4.78 is 0. The first kappa shape index (κ1) is 14.3. The molecule has 1 N–H and O–H groups in total. The predicted octanol–water partition coefficient (Wildman–Crippen LogP) is 0.915. The second-order valence-electron chi connectivity index (χ2n) is 5.48. The number of H-pyrrole nitrogens is 1. The Bertz CT molecular complexity index is 680. The van der Waals surface area contributed by atoms with Gasteiger partial charge in [-0.05, 0) is 11.6 Å². The lowest BCUT2D eigenvalue weighted by atomic mass is 10.1. The minimum absolute atomic E-state index is 0.0420. The van der Waals surface area contributed by atoms with Gasteiger partial charge in [-0.2, -0.15) is 5.10 Å². The standard InChI is InChI=1S/C16H18N4O2/c1-19-7-8-20(11-15(19)21)16(22)14-10-13(17-18-14)9-12-5-3-2-4-6-12/h2-6,10H,7-9,11H2,1H3,(H,17,18). The van der Waals surface area contributed by atoms with Crippen LogP contribution in [0.4, 0.5) is 0 Å². The van der Waals surface area contributed by atoms with E-state index in [0.29, 0.717) is 25.2 Å². The van der Waals surface area contributed by atoms with E-state index < -0.39 is 0 Å². The van der Waals surface area contributed by atoms with Gasteiger partial charge in [0.2, 0.25) is 5.91 Å². The summed E-state index contributed by atoms with van der Waals surface area (Å²) in [6.45, 7) is 1.23. The summed E-state index contributed by atoms with van der Waals surface area (Å²) in [5.74, 6) is -0.239. The highest BCUT2D eigenvalue weighted by Gasteiger charge is 2.26. The molecule has 1 aliphatic heterocycles. The lowest BCUT2D eigenvalue weighted by Gasteiger charge is -2.31.